The molecule has 8 heteroatoms. The number of rotatable bonds is 5. The standard InChI is InChI=1S/C12H16N4O3S/c17-9-4-3-8(5-13-9)16-11(7-1-2-7)14-15-12(16)20-6-10(18)19/h7-8H,1-6H2,(H,13,17)(H,18,19). The van der Waals surface area contributed by atoms with E-state index in [1.807, 2.05) is 4.57 Å². The summed E-state index contributed by atoms with van der Waals surface area (Å²) in [5.41, 5.74) is 0. The number of aliphatic carboxylic acids is 1. The van der Waals surface area contributed by atoms with Gasteiger partial charge in [0.05, 0.1) is 11.8 Å². The molecule has 1 amide bonds. The summed E-state index contributed by atoms with van der Waals surface area (Å²) in [7, 11) is 0. The summed E-state index contributed by atoms with van der Waals surface area (Å²) in [4.78, 5) is 22.0. The first-order valence-electron chi connectivity index (χ1n) is 6.71. The largest absolute Gasteiger partial charge is 0.481 e. The molecule has 1 saturated carbocycles. The van der Waals surface area contributed by atoms with Gasteiger partial charge in [0.1, 0.15) is 5.82 Å². The third-order valence-corrected chi connectivity index (χ3v) is 4.49. The van der Waals surface area contributed by atoms with Crippen LogP contribution in [0.2, 0.25) is 0 Å². The zero-order valence-corrected chi connectivity index (χ0v) is 11.7. The average Bonchev–Trinajstić information content (AvgIpc) is 3.18. The molecule has 1 aliphatic carbocycles. The topological polar surface area (TPSA) is 97.1 Å². The molecule has 2 aliphatic rings. The lowest BCUT2D eigenvalue weighted by molar-refractivity contribution is -0.134. The van der Waals surface area contributed by atoms with Crippen LogP contribution in [0.1, 0.15) is 43.5 Å². The van der Waals surface area contributed by atoms with Gasteiger partial charge in [-0.2, -0.15) is 0 Å². The predicted molar refractivity (Wildman–Crippen MR) is 71.6 cm³/mol. The Hall–Kier alpha value is -1.57. The SMILES string of the molecule is O=C(O)CSc1nnc(C2CC2)n1C1CCC(=O)NC1. The second-order valence-electron chi connectivity index (χ2n) is 5.16. The summed E-state index contributed by atoms with van der Waals surface area (Å²) < 4.78 is 2.05. The highest BCUT2D eigenvalue weighted by Crippen LogP contribution is 2.41. The van der Waals surface area contributed by atoms with Gasteiger partial charge in [-0.3, -0.25) is 9.59 Å². The molecule has 1 saturated heterocycles. The Morgan fingerprint density at radius 2 is 2.20 bits per heavy atom. The Kier molecular flexibility index (Phi) is 3.64. The fourth-order valence-electron chi connectivity index (χ4n) is 2.42. The Morgan fingerprint density at radius 1 is 1.40 bits per heavy atom. The van der Waals surface area contributed by atoms with Gasteiger partial charge >= 0.3 is 5.97 Å². The van der Waals surface area contributed by atoms with E-state index in [1.54, 1.807) is 0 Å². The minimum absolute atomic E-state index is 0.0259. The zero-order chi connectivity index (χ0) is 14.1. The Labute approximate surface area is 120 Å². The van der Waals surface area contributed by atoms with Crippen molar-refractivity contribution >= 4 is 23.6 Å². The molecule has 108 valence electrons. The molecule has 2 fully saturated rings. The van der Waals surface area contributed by atoms with Gasteiger partial charge in [-0.1, -0.05) is 11.8 Å². The number of thioether (sulfide) groups is 1. The van der Waals surface area contributed by atoms with Crippen LogP contribution in [0.25, 0.3) is 0 Å². The van der Waals surface area contributed by atoms with Crippen molar-refractivity contribution in [1.29, 1.82) is 0 Å². The maximum atomic E-state index is 11.3. The van der Waals surface area contributed by atoms with Gasteiger partial charge < -0.3 is 15.0 Å². The fraction of sp³-hybridized carbons (Fsp3) is 0.667. The van der Waals surface area contributed by atoms with Crippen LogP contribution in [-0.2, 0) is 9.59 Å². The van der Waals surface area contributed by atoms with Crippen LogP contribution < -0.4 is 5.32 Å². The van der Waals surface area contributed by atoms with Gasteiger partial charge in [0.2, 0.25) is 5.91 Å². The zero-order valence-electron chi connectivity index (χ0n) is 10.9. The first-order valence-corrected chi connectivity index (χ1v) is 7.70. The number of carboxylic acids is 1. The van der Waals surface area contributed by atoms with E-state index in [9.17, 15) is 9.59 Å². The number of carboxylic acid groups (broad SMARTS) is 1. The number of aromatic nitrogens is 3. The van der Waals surface area contributed by atoms with Gasteiger partial charge in [0, 0.05) is 18.9 Å². The maximum Gasteiger partial charge on any atom is 0.313 e. The van der Waals surface area contributed by atoms with Crippen molar-refractivity contribution < 1.29 is 14.7 Å². The number of nitrogens with one attached hydrogen (secondary N) is 1. The molecule has 0 radical (unpaired) electrons. The number of amides is 1. The second-order valence-corrected chi connectivity index (χ2v) is 6.11. The van der Waals surface area contributed by atoms with E-state index >= 15 is 0 Å². The summed E-state index contributed by atoms with van der Waals surface area (Å²) in [6.07, 6.45) is 3.47. The van der Waals surface area contributed by atoms with E-state index in [0.717, 1.165) is 25.1 Å². The molecule has 0 spiro atoms. The maximum absolute atomic E-state index is 11.3. The summed E-state index contributed by atoms with van der Waals surface area (Å²) in [5, 5.41) is 20.7. The third-order valence-electron chi connectivity index (χ3n) is 3.56. The van der Waals surface area contributed by atoms with Gasteiger partial charge in [-0.05, 0) is 19.3 Å². The summed E-state index contributed by atoms with van der Waals surface area (Å²) >= 11 is 1.19. The lowest BCUT2D eigenvalue weighted by Crippen LogP contribution is -2.36. The Bertz CT molecular complexity index is 531. The molecular weight excluding hydrogens is 280 g/mol. The van der Waals surface area contributed by atoms with Crippen LogP contribution >= 0.6 is 11.8 Å². The van der Waals surface area contributed by atoms with Crippen LogP contribution in [0, 0.1) is 0 Å². The number of carbonyl (C=O) groups is 2. The number of nitrogens with zero attached hydrogens (tertiary/aromatic N) is 3. The summed E-state index contributed by atoms with van der Waals surface area (Å²) in [5.74, 6) is 0.567. The lowest BCUT2D eigenvalue weighted by atomic mass is 10.1. The summed E-state index contributed by atoms with van der Waals surface area (Å²) in [6.45, 7) is 0.567. The van der Waals surface area contributed by atoms with Crippen LogP contribution in [0.5, 0.6) is 0 Å². The molecule has 1 aromatic heterocycles. The van der Waals surface area contributed by atoms with Gasteiger partial charge in [0.15, 0.2) is 5.16 Å². The lowest BCUT2D eigenvalue weighted by Gasteiger charge is -2.26. The number of hydrogen-bond acceptors (Lipinski definition) is 5. The molecule has 2 heterocycles. The monoisotopic (exact) mass is 296 g/mol. The molecule has 1 aliphatic heterocycles. The third kappa shape index (κ3) is 2.79. The number of hydrogen-bond donors (Lipinski definition) is 2. The highest BCUT2D eigenvalue weighted by molar-refractivity contribution is 7.99. The van der Waals surface area contributed by atoms with Crippen molar-refractivity contribution in [3.63, 3.8) is 0 Å². The highest BCUT2D eigenvalue weighted by atomic mass is 32.2. The molecule has 20 heavy (non-hydrogen) atoms. The normalized spacial score (nSPS) is 22.6. The number of carbonyl (C=O) groups excluding carboxylic acids is 1. The first kappa shape index (κ1) is 13.4. The van der Waals surface area contributed by atoms with E-state index in [2.05, 4.69) is 15.5 Å². The van der Waals surface area contributed by atoms with Crippen LogP contribution in [0.15, 0.2) is 5.16 Å². The van der Waals surface area contributed by atoms with Gasteiger partial charge in [0.25, 0.3) is 0 Å². The smallest absolute Gasteiger partial charge is 0.313 e. The van der Waals surface area contributed by atoms with Crippen molar-refractivity contribution in [3.8, 4) is 0 Å². The molecular formula is C12H16N4O3S. The highest BCUT2D eigenvalue weighted by Gasteiger charge is 2.34. The van der Waals surface area contributed by atoms with Crippen molar-refractivity contribution in [3.05, 3.63) is 5.82 Å². The molecule has 3 rings (SSSR count). The second kappa shape index (κ2) is 5.43. The molecule has 2 N–H and O–H groups in total. The van der Waals surface area contributed by atoms with Crippen molar-refractivity contribution in [2.24, 2.45) is 0 Å². The summed E-state index contributed by atoms with van der Waals surface area (Å²) in [6, 6.07) is 0.134. The van der Waals surface area contributed by atoms with Gasteiger partial charge in [-0.25, -0.2) is 0 Å². The van der Waals surface area contributed by atoms with Crippen molar-refractivity contribution in [2.75, 3.05) is 12.3 Å². The molecule has 1 aromatic rings. The van der Waals surface area contributed by atoms with Crippen LogP contribution in [-0.4, -0.2) is 44.0 Å². The average molecular weight is 296 g/mol. The van der Waals surface area contributed by atoms with E-state index < -0.39 is 5.97 Å². The van der Waals surface area contributed by atoms with Crippen molar-refractivity contribution in [1.82, 2.24) is 20.1 Å². The molecule has 1 unspecified atom stereocenters. The minimum atomic E-state index is -0.866. The van der Waals surface area contributed by atoms with Crippen LogP contribution in [0.4, 0.5) is 0 Å². The fourth-order valence-corrected chi connectivity index (χ4v) is 3.15. The quantitative estimate of drug-likeness (QED) is 0.779. The van der Waals surface area contributed by atoms with E-state index in [4.69, 9.17) is 5.11 Å². The molecule has 0 bridgehead atoms. The van der Waals surface area contributed by atoms with Crippen LogP contribution in [0.3, 0.4) is 0 Å². The Balaban J connectivity index is 1.83. The predicted octanol–water partition coefficient (Wildman–Crippen LogP) is 0.783. The van der Waals surface area contributed by atoms with E-state index in [0.29, 0.717) is 24.0 Å². The Morgan fingerprint density at radius 3 is 2.80 bits per heavy atom. The molecule has 7 nitrogen and oxygen atoms in total. The minimum Gasteiger partial charge on any atom is -0.481 e. The number of piperidine rings is 1. The first-order chi connectivity index (χ1) is 9.65. The van der Waals surface area contributed by atoms with E-state index in [-0.39, 0.29) is 17.7 Å². The molecule has 0 aromatic carbocycles. The molecule has 1 atom stereocenters. The van der Waals surface area contributed by atoms with Crippen molar-refractivity contribution in [2.45, 2.75) is 42.8 Å². The van der Waals surface area contributed by atoms with Gasteiger partial charge in [-0.15, -0.1) is 10.2 Å². The van der Waals surface area contributed by atoms with E-state index in [1.165, 1.54) is 11.8 Å².